The lowest BCUT2D eigenvalue weighted by atomic mass is 10.1. The van der Waals surface area contributed by atoms with Crippen LogP contribution in [0.25, 0.3) is 0 Å². The van der Waals surface area contributed by atoms with Gasteiger partial charge in [-0.05, 0) is 35.4 Å². The SMILES string of the molecule is Clc1ccc(COC(Cc2ccc(Cl)cc2Cl)n2ccnc2)c(Cl)c1. The predicted molar refractivity (Wildman–Crippen MR) is 103 cm³/mol. The fourth-order valence-electron chi connectivity index (χ4n) is 2.39. The zero-order chi connectivity index (χ0) is 17.8. The number of benzene rings is 2. The minimum Gasteiger partial charge on any atom is -0.353 e. The normalized spacial score (nSPS) is 12.3. The molecule has 0 saturated heterocycles. The van der Waals surface area contributed by atoms with Crippen molar-refractivity contribution in [2.45, 2.75) is 19.3 Å². The third kappa shape index (κ3) is 4.90. The second kappa shape index (κ2) is 8.43. The van der Waals surface area contributed by atoms with E-state index in [1.54, 1.807) is 30.7 Å². The lowest BCUT2D eigenvalue weighted by molar-refractivity contribution is -0.00918. The minimum atomic E-state index is -0.284. The van der Waals surface area contributed by atoms with Gasteiger partial charge in [-0.2, -0.15) is 0 Å². The lowest BCUT2D eigenvalue weighted by Gasteiger charge is -2.20. The maximum absolute atomic E-state index is 6.29. The van der Waals surface area contributed by atoms with Crippen molar-refractivity contribution >= 4 is 46.4 Å². The second-order valence-electron chi connectivity index (χ2n) is 5.45. The first-order chi connectivity index (χ1) is 12.0. The number of hydrogen-bond donors (Lipinski definition) is 0. The number of imidazole rings is 1. The number of halogens is 4. The molecule has 0 amide bonds. The average molecular weight is 416 g/mol. The first-order valence-electron chi connectivity index (χ1n) is 7.50. The Kier molecular flexibility index (Phi) is 6.26. The van der Waals surface area contributed by atoms with E-state index in [9.17, 15) is 0 Å². The Balaban J connectivity index is 1.78. The Hall–Kier alpha value is -1.23. The third-order valence-electron chi connectivity index (χ3n) is 3.71. The van der Waals surface area contributed by atoms with Crippen LogP contribution in [0, 0.1) is 0 Å². The van der Waals surface area contributed by atoms with Crippen LogP contribution >= 0.6 is 46.4 Å². The molecule has 0 aliphatic carbocycles. The van der Waals surface area contributed by atoms with Gasteiger partial charge >= 0.3 is 0 Å². The van der Waals surface area contributed by atoms with E-state index >= 15 is 0 Å². The molecule has 0 saturated carbocycles. The van der Waals surface area contributed by atoms with Gasteiger partial charge in [0.25, 0.3) is 0 Å². The summed E-state index contributed by atoms with van der Waals surface area (Å²) in [4.78, 5) is 4.09. The maximum Gasteiger partial charge on any atom is 0.139 e. The maximum atomic E-state index is 6.29. The summed E-state index contributed by atoms with van der Waals surface area (Å²) in [6, 6.07) is 10.8. The number of rotatable bonds is 6. The summed E-state index contributed by atoms with van der Waals surface area (Å²) < 4.78 is 7.97. The molecule has 2 aromatic carbocycles. The van der Waals surface area contributed by atoms with Gasteiger partial charge in [0.05, 0.1) is 12.9 Å². The van der Waals surface area contributed by atoms with Gasteiger partial charge in [0, 0.05) is 38.9 Å². The van der Waals surface area contributed by atoms with Crippen molar-refractivity contribution in [1.82, 2.24) is 9.55 Å². The standard InChI is InChI=1S/C18H14Cl4N2O/c19-14-3-1-12(16(21)8-14)7-18(24-6-5-23-11-24)25-10-13-2-4-15(20)9-17(13)22/h1-6,8-9,11,18H,7,10H2. The first-order valence-corrected chi connectivity index (χ1v) is 9.01. The molecule has 3 aromatic rings. The van der Waals surface area contributed by atoms with Gasteiger partial charge in [-0.1, -0.05) is 58.5 Å². The van der Waals surface area contributed by atoms with Crippen LogP contribution in [0.2, 0.25) is 20.1 Å². The second-order valence-corrected chi connectivity index (χ2v) is 7.14. The van der Waals surface area contributed by atoms with Crippen LogP contribution < -0.4 is 0 Å². The van der Waals surface area contributed by atoms with Crippen molar-refractivity contribution in [2.24, 2.45) is 0 Å². The van der Waals surface area contributed by atoms with E-state index in [1.807, 2.05) is 29.0 Å². The first kappa shape index (κ1) is 18.6. The largest absolute Gasteiger partial charge is 0.353 e. The molecular weight excluding hydrogens is 402 g/mol. The summed E-state index contributed by atoms with van der Waals surface area (Å²) in [6.07, 6.45) is 5.54. The average Bonchev–Trinajstić information content (AvgIpc) is 3.09. The van der Waals surface area contributed by atoms with E-state index in [1.165, 1.54) is 0 Å². The Morgan fingerprint density at radius 1 is 0.920 bits per heavy atom. The summed E-state index contributed by atoms with van der Waals surface area (Å²) in [5, 5.41) is 2.36. The van der Waals surface area contributed by atoms with Crippen molar-refractivity contribution in [3.63, 3.8) is 0 Å². The molecule has 0 fully saturated rings. The molecule has 25 heavy (non-hydrogen) atoms. The molecule has 0 N–H and O–H groups in total. The molecule has 1 atom stereocenters. The van der Waals surface area contributed by atoms with Gasteiger partial charge < -0.3 is 9.30 Å². The van der Waals surface area contributed by atoms with Crippen LogP contribution in [0.15, 0.2) is 55.1 Å². The van der Waals surface area contributed by atoms with Crippen LogP contribution in [0.5, 0.6) is 0 Å². The lowest BCUT2D eigenvalue weighted by Crippen LogP contribution is -2.15. The monoisotopic (exact) mass is 414 g/mol. The van der Waals surface area contributed by atoms with Gasteiger partial charge in [0.1, 0.15) is 6.23 Å². The molecule has 0 aliphatic heterocycles. The summed E-state index contributed by atoms with van der Waals surface area (Å²) in [6.45, 7) is 0.337. The molecule has 0 radical (unpaired) electrons. The van der Waals surface area contributed by atoms with Crippen molar-refractivity contribution in [3.8, 4) is 0 Å². The van der Waals surface area contributed by atoms with Crippen molar-refractivity contribution in [3.05, 3.63) is 86.3 Å². The van der Waals surface area contributed by atoms with Crippen molar-refractivity contribution < 1.29 is 4.74 Å². The molecule has 3 nitrogen and oxygen atoms in total. The zero-order valence-electron chi connectivity index (χ0n) is 13.0. The molecule has 0 aliphatic rings. The number of aromatic nitrogens is 2. The van der Waals surface area contributed by atoms with Gasteiger partial charge in [0.15, 0.2) is 0 Å². The summed E-state index contributed by atoms with van der Waals surface area (Å²) in [7, 11) is 0. The van der Waals surface area contributed by atoms with E-state index in [0.29, 0.717) is 33.1 Å². The van der Waals surface area contributed by atoms with Crippen LogP contribution in [0.1, 0.15) is 17.4 Å². The number of nitrogens with zero attached hydrogens (tertiary/aromatic N) is 2. The highest BCUT2D eigenvalue weighted by molar-refractivity contribution is 6.35. The number of hydrogen-bond acceptors (Lipinski definition) is 2. The molecule has 1 aromatic heterocycles. The number of ether oxygens (including phenoxy) is 1. The smallest absolute Gasteiger partial charge is 0.139 e. The van der Waals surface area contributed by atoms with E-state index < -0.39 is 0 Å². The summed E-state index contributed by atoms with van der Waals surface area (Å²) in [5.74, 6) is 0. The molecule has 0 spiro atoms. The highest BCUT2D eigenvalue weighted by Crippen LogP contribution is 2.27. The quantitative estimate of drug-likeness (QED) is 0.462. The van der Waals surface area contributed by atoms with E-state index in [4.69, 9.17) is 51.1 Å². The fraction of sp³-hybridized carbons (Fsp3) is 0.167. The Bertz CT molecular complexity index is 852. The Morgan fingerprint density at radius 3 is 2.12 bits per heavy atom. The molecule has 1 unspecified atom stereocenters. The Labute approximate surface area is 166 Å². The molecule has 130 valence electrons. The van der Waals surface area contributed by atoms with Crippen LogP contribution in [0.4, 0.5) is 0 Å². The van der Waals surface area contributed by atoms with Gasteiger partial charge in [0.2, 0.25) is 0 Å². The van der Waals surface area contributed by atoms with E-state index in [-0.39, 0.29) is 6.23 Å². The van der Waals surface area contributed by atoms with Gasteiger partial charge in [-0.25, -0.2) is 4.98 Å². The molecule has 0 bridgehead atoms. The van der Waals surface area contributed by atoms with Crippen molar-refractivity contribution in [1.29, 1.82) is 0 Å². The summed E-state index contributed by atoms with van der Waals surface area (Å²) >= 11 is 24.4. The zero-order valence-corrected chi connectivity index (χ0v) is 16.0. The fourth-order valence-corrected chi connectivity index (χ4v) is 3.34. The van der Waals surface area contributed by atoms with Gasteiger partial charge in [-0.3, -0.25) is 0 Å². The van der Waals surface area contributed by atoms with E-state index in [0.717, 1.165) is 11.1 Å². The minimum absolute atomic E-state index is 0.284. The van der Waals surface area contributed by atoms with Crippen LogP contribution in [-0.4, -0.2) is 9.55 Å². The predicted octanol–water partition coefficient (Wildman–Crippen LogP) is 6.45. The van der Waals surface area contributed by atoms with Crippen LogP contribution in [-0.2, 0) is 17.8 Å². The van der Waals surface area contributed by atoms with Crippen molar-refractivity contribution in [2.75, 3.05) is 0 Å². The molecule has 3 rings (SSSR count). The Morgan fingerprint density at radius 2 is 1.56 bits per heavy atom. The highest BCUT2D eigenvalue weighted by atomic mass is 35.5. The van der Waals surface area contributed by atoms with Gasteiger partial charge in [-0.15, -0.1) is 0 Å². The highest BCUT2D eigenvalue weighted by Gasteiger charge is 2.15. The summed E-state index contributed by atoms with van der Waals surface area (Å²) in [5.41, 5.74) is 1.80. The third-order valence-corrected chi connectivity index (χ3v) is 4.89. The van der Waals surface area contributed by atoms with Crippen LogP contribution in [0.3, 0.4) is 0 Å². The molecule has 1 heterocycles. The molecule has 7 heteroatoms. The molecular formula is C18H14Cl4N2O. The topological polar surface area (TPSA) is 27.1 Å². The van der Waals surface area contributed by atoms with E-state index in [2.05, 4.69) is 4.98 Å².